The van der Waals surface area contributed by atoms with Crippen molar-refractivity contribution in [3.8, 4) is 5.75 Å². The van der Waals surface area contributed by atoms with Crippen molar-refractivity contribution in [1.82, 2.24) is 10.2 Å². The molecule has 0 aromatic heterocycles. The molecule has 0 spiro atoms. The van der Waals surface area contributed by atoms with Crippen molar-refractivity contribution >= 4 is 35.0 Å². The molecule has 160 valence electrons. The van der Waals surface area contributed by atoms with Gasteiger partial charge >= 0.3 is 0 Å². The van der Waals surface area contributed by atoms with Gasteiger partial charge < -0.3 is 15.0 Å². The minimum atomic E-state index is -0.344. The molecule has 30 heavy (non-hydrogen) atoms. The zero-order valence-electron chi connectivity index (χ0n) is 17.2. The number of hydrogen-bond acceptors (Lipinski definition) is 3. The first-order valence-corrected chi connectivity index (χ1v) is 10.9. The minimum Gasteiger partial charge on any atom is -0.497 e. The van der Waals surface area contributed by atoms with Crippen molar-refractivity contribution < 1.29 is 14.3 Å². The van der Waals surface area contributed by atoms with Crippen LogP contribution in [0.4, 0.5) is 0 Å². The fourth-order valence-electron chi connectivity index (χ4n) is 3.80. The fourth-order valence-corrected chi connectivity index (χ4v) is 4.29. The first-order chi connectivity index (χ1) is 14.4. The van der Waals surface area contributed by atoms with E-state index in [1.165, 1.54) is 0 Å². The van der Waals surface area contributed by atoms with E-state index in [0.717, 1.165) is 24.2 Å². The van der Waals surface area contributed by atoms with E-state index in [2.05, 4.69) is 12.2 Å². The molecule has 5 nitrogen and oxygen atoms in total. The maximum atomic E-state index is 13.1. The number of unbranched alkanes of at least 4 members (excludes halogenated alkanes) is 1. The molecule has 1 fully saturated rings. The van der Waals surface area contributed by atoms with Gasteiger partial charge in [-0.2, -0.15) is 0 Å². The molecule has 0 aliphatic carbocycles. The Balaban J connectivity index is 1.86. The van der Waals surface area contributed by atoms with Gasteiger partial charge in [0.05, 0.1) is 23.6 Å². The van der Waals surface area contributed by atoms with Crippen LogP contribution in [0.5, 0.6) is 5.75 Å². The molecule has 2 unspecified atom stereocenters. The fraction of sp³-hybridized carbons (Fsp3) is 0.391. The molecule has 2 aromatic carbocycles. The second-order valence-electron chi connectivity index (χ2n) is 7.47. The van der Waals surface area contributed by atoms with E-state index in [4.69, 9.17) is 27.9 Å². The summed E-state index contributed by atoms with van der Waals surface area (Å²) in [6.45, 7) is 3.47. The van der Waals surface area contributed by atoms with Crippen molar-refractivity contribution in [3.63, 3.8) is 0 Å². The van der Waals surface area contributed by atoms with Crippen LogP contribution < -0.4 is 10.1 Å². The van der Waals surface area contributed by atoms with Crippen molar-refractivity contribution in [2.75, 3.05) is 26.7 Å². The zero-order valence-corrected chi connectivity index (χ0v) is 18.7. The molecule has 1 heterocycles. The average Bonchev–Trinajstić information content (AvgIpc) is 3.19. The highest BCUT2D eigenvalue weighted by atomic mass is 35.5. The van der Waals surface area contributed by atoms with Gasteiger partial charge in [-0.05, 0) is 42.3 Å². The molecule has 1 N–H and O–H groups in total. The molecule has 7 heteroatoms. The van der Waals surface area contributed by atoms with E-state index < -0.39 is 0 Å². The van der Waals surface area contributed by atoms with Crippen molar-refractivity contribution in [2.24, 2.45) is 5.92 Å². The molecule has 2 amide bonds. The van der Waals surface area contributed by atoms with Crippen LogP contribution in [-0.2, 0) is 4.79 Å². The smallest absolute Gasteiger partial charge is 0.255 e. The number of rotatable bonds is 7. The number of halogens is 2. The van der Waals surface area contributed by atoms with E-state index in [-0.39, 0.29) is 23.7 Å². The lowest BCUT2D eigenvalue weighted by Gasteiger charge is -2.18. The van der Waals surface area contributed by atoms with E-state index >= 15 is 0 Å². The van der Waals surface area contributed by atoms with Gasteiger partial charge in [0.25, 0.3) is 5.91 Å². The Morgan fingerprint density at radius 2 is 1.97 bits per heavy atom. The summed E-state index contributed by atoms with van der Waals surface area (Å²) in [6.07, 6.45) is 1.93. The highest BCUT2D eigenvalue weighted by Crippen LogP contribution is 2.36. The van der Waals surface area contributed by atoms with Crippen LogP contribution in [0.25, 0.3) is 0 Å². The lowest BCUT2D eigenvalue weighted by molar-refractivity contribution is -0.124. The summed E-state index contributed by atoms with van der Waals surface area (Å²) in [4.78, 5) is 27.8. The number of carbonyl (C=O) groups excluding carboxylic acids is 2. The van der Waals surface area contributed by atoms with Crippen LogP contribution in [0.2, 0.25) is 10.0 Å². The summed E-state index contributed by atoms with van der Waals surface area (Å²) >= 11 is 12.2. The molecule has 1 aliphatic heterocycles. The molecule has 1 saturated heterocycles. The summed E-state index contributed by atoms with van der Waals surface area (Å²) in [7, 11) is 1.61. The summed E-state index contributed by atoms with van der Waals surface area (Å²) in [6, 6.07) is 12.5. The maximum Gasteiger partial charge on any atom is 0.255 e. The van der Waals surface area contributed by atoms with Crippen molar-refractivity contribution in [3.05, 3.63) is 63.6 Å². The summed E-state index contributed by atoms with van der Waals surface area (Å²) in [5, 5.41) is 3.80. The Morgan fingerprint density at radius 3 is 2.67 bits per heavy atom. The number of nitrogens with one attached hydrogen (secondary N) is 1. The third kappa shape index (κ3) is 5.08. The second-order valence-corrected chi connectivity index (χ2v) is 8.31. The number of likely N-dealkylation sites (tertiary alicyclic amines) is 1. The van der Waals surface area contributed by atoms with Gasteiger partial charge in [0.15, 0.2) is 0 Å². The molecule has 0 saturated carbocycles. The molecular weight excluding hydrogens is 423 g/mol. The Bertz CT molecular complexity index is 919. The van der Waals surface area contributed by atoms with E-state index in [0.29, 0.717) is 35.2 Å². The molecule has 2 atom stereocenters. The van der Waals surface area contributed by atoms with E-state index in [9.17, 15) is 9.59 Å². The van der Waals surface area contributed by atoms with E-state index in [1.54, 1.807) is 30.2 Å². The van der Waals surface area contributed by atoms with Gasteiger partial charge in [0, 0.05) is 30.6 Å². The molecular formula is C23H26Cl2N2O3. The van der Waals surface area contributed by atoms with Crippen molar-refractivity contribution in [2.45, 2.75) is 25.7 Å². The van der Waals surface area contributed by atoms with Gasteiger partial charge in [0.1, 0.15) is 5.75 Å². The third-order valence-corrected chi connectivity index (χ3v) is 6.00. The number of carbonyl (C=O) groups is 2. The number of methoxy groups -OCH3 is 1. The van der Waals surface area contributed by atoms with Crippen molar-refractivity contribution in [1.29, 1.82) is 0 Å². The lowest BCUT2D eigenvalue weighted by Crippen LogP contribution is -2.36. The van der Waals surface area contributed by atoms with Gasteiger partial charge in [-0.1, -0.05) is 48.7 Å². The Kier molecular flexibility index (Phi) is 7.62. The normalized spacial score (nSPS) is 18.3. The highest BCUT2D eigenvalue weighted by molar-refractivity contribution is 6.36. The second kappa shape index (κ2) is 10.2. The van der Waals surface area contributed by atoms with Crippen LogP contribution in [0.1, 0.15) is 41.6 Å². The van der Waals surface area contributed by atoms with Gasteiger partial charge in [-0.25, -0.2) is 0 Å². The van der Waals surface area contributed by atoms with Crippen LogP contribution in [0, 0.1) is 5.92 Å². The standard InChI is InChI=1S/C23H26Cl2N2O3/c1-3-4-10-26-22(28)20-14-27(23(29)18-9-8-16(24)12-21(18)25)13-19(20)15-6-5-7-17(11-15)30-2/h5-9,11-12,19-20H,3-4,10,13-14H2,1-2H3,(H,26,28). The number of nitrogens with zero attached hydrogens (tertiary/aromatic N) is 1. The Hall–Kier alpha value is -2.24. The summed E-state index contributed by atoms with van der Waals surface area (Å²) < 4.78 is 5.35. The number of ether oxygens (including phenoxy) is 1. The Labute approximate surface area is 187 Å². The van der Waals surface area contributed by atoms with Crippen LogP contribution in [0.3, 0.4) is 0 Å². The molecule has 3 rings (SSSR count). The molecule has 1 aliphatic rings. The minimum absolute atomic E-state index is 0.0335. The average molecular weight is 449 g/mol. The quantitative estimate of drug-likeness (QED) is 0.620. The number of benzene rings is 2. The first kappa shape index (κ1) is 22.4. The maximum absolute atomic E-state index is 13.1. The number of hydrogen-bond donors (Lipinski definition) is 1. The summed E-state index contributed by atoms with van der Waals surface area (Å²) in [5.41, 5.74) is 1.36. The largest absolute Gasteiger partial charge is 0.497 e. The topological polar surface area (TPSA) is 58.6 Å². The number of amides is 2. The first-order valence-electron chi connectivity index (χ1n) is 10.1. The summed E-state index contributed by atoms with van der Waals surface area (Å²) in [5.74, 6) is 0.0195. The Morgan fingerprint density at radius 1 is 1.17 bits per heavy atom. The predicted molar refractivity (Wildman–Crippen MR) is 120 cm³/mol. The SMILES string of the molecule is CCCCNC(=O)C1CN(C(=O)c2ccc(Cl)cc2Cl)CC1c1cccc(OC)c1. The lowest BCUT2D eigenvalue weighted by atomic mass is 9.88. The third-order valence-electron chi connectivity index (χ3n) is 5.46. The monoisotopic (exact) mass is 448 g/mol. The van der Waals surface area contributed by atoms with Gasteiger partial charge in [0.2, 0.25) is 5.91 Å². The zero-order chi connectivity index (χ0) is 21.7. The molecule has 0 radical (unpaired) electrons. The van der Waals surface area contributed by atoms with Crippen LogP contribution in [0.15, 0.2) is 42.5 Å². The van der Waals surface area contributed by atoms with Crippen LogP contribution in [-0.4, -0.2) is 43.5 Å². The predicted octanol–water partition coefficient (Wildman–Crippen LogP) is 4.77. The van der Waals surface area contributed by atoms with Crippen LogP contribution >= 0.6 is 23.2 Å². The van der Waals surface area contributed by atoms with Gasteiger partial charge in [-0.3, -0.25) is 9.59 Å². The van der Waals surface area contributed by atoms with E-state index in [1.807, 2.05) is 24.3 Å². The van der Waals surface area contributed by atoms with Gasteiger partial charge in [-0.15, -0.1) is 0 Å². The highest BCUT2D eigenvalue weighted by Gasteiger charge is 2.41. The molecule has 2 aromatic rings. The molecule has 0 bridgehead atoms.